The number of benzene rings is 1. The van der Waals surface area contributed by atoms with E-state index >= 15 is 0 Å². The van der Waals surface area contributed by atoms with Gasteiger partial charge in [-0.3, -0.25) is 4.79 Å². The zero-order chi connectivity index (χ0) is 21.9. The molecule has 1 saturated heterocycles. The largest absolute Gasteiger partial charge is 0.405 e. The van der Waals surface area contributed by atoms with Crippen molar-refractivity contribution >= 4 is 26.0 Å². The predicted molar refractivity (Wildman–Crippen MR) is 98.8 cm³/mol. The van der Waals surface area contributed by atoms with Crippen molar-refractivity contribution in [3.05, 3.63) is 41.8 Å². The van der Waals surface area contributed by atoms with Gasteiger partial charge in [0.2, 0.25) is 20.0 Å². The second-order valence-electron chi connectivity index (χ2n) is 6.40. The van der Waals surface area contributed by atoms with Crippen molar-refractivity contribution in [1.82, 2.24) is 14.3 Å². The Morgan fingerprint density at radius 1 is 1.21 bits per heavy atom. The molecule has 0 aromatic heterocycles. The maximum atomic E-state index is 12.7. The van der Waals surface area contributed by atoms with Crippen molar-refractivity contribution in [2.45, 2.75) is 17.5 Å². The zero-order valence-corrected chi connectivity index (χ0v) is 16.8. The first-order valence-corrected chi connectivity index (χ1v) is 11.4. The lowest BCUT2D eigenvalue weighted by molar-refractivity contribution is -0.123. The van der Waals surface area contributed by atoms with Gasteiger partial charge < -0.3 is 5.32 Å². The van der Waals surface area contributed by atoms with Crippen LogP contribution in [0.15, 0.2) is 41.1 Å². The van der Waals surface area contributed by atoms with Crippen LogP contribution in [0.25, 0.3) is 0 Å². The van der Waals surface area contributed by atoms with Crippen LogP contribution >= 0.6 is 0 Å². The standard InChI is InChI=1S/C16H20F3N3O5S2/c1-2-28(24,25)21-9-12-7-8-22(10-12)29(26,27)14-5-3-13(4-6-14)15(23)20-11-16(17,18)19/h2-6,12,21H,1,7-11H2,(H,20,23). The van der Waals surface area contributed by atoms with E-state index < -0.39 is 38.7 Å². The Bertz CT molecular complexity index is 961. The van der Waals surface area contributed by atoms with Crippen LogP contribution < -0.4 is 10.0 Å². The van der Waals surface area contributed by atoms with Gasteiger partial charge in [0, 0.05) is 30.6 Å². The first-order valence-electron chi connectivity index (χ1n) is 8.41. The number of alkyl halides is 3. The summed E-state index contributed by atoms with van der Waals surface area (Å²) in [5.41, 5.74) is -0.105. The van der Waals surface area contributed by atoms with Crippen LogP contribution in [0.5, 0.6) is 0 Å². The number of sulfonamides is 2. The van der Waals surface area contributed by atoms with Gasteiger partial charge in [0.1, 0.15) is 6.54 Å². The van der Waals surface area contributed by atoms with Gasteiger partial charge in [0.25, 0.3) is 5.91 Å². The Morgan fingerprint density at radius 3 is 2.38 bits per heavy atom. The molecule has 0 aliphatic carbocycles. The number of hydrogen-bond acceptors (Lipinski definition) is 5. The molecule has 1 unspecified atom stereocenters. The number of hydrogen-bond donors (Lipinski definition) is 2. The highest BCUT2D eigenvalue weighted by atomic mass is 32.2. The molecule has 1 amide bonds. The highest BCUT2D eigenvalue weighted by Crippen LogP contribution is 2.24. The van der Waals surface area contributed by atoms with Gasteiger partial charge in [0.15, 0.2) is 0 Å². The van der Waals surface area contributed by atoms with Crippen LogP contribution in [0.3, 0.4) is 0 Å². The normalized spacial score (nSPS) is 18.5. The maximum Gasteiger partial charge on any atom is 0.405 e. The summed E-state index contributed by atoms with van der Waals surface area (Å²) in [6, 6.07) is 4.55. The van der Waals surface area contributed by atoms with Crippen molar-refractivity contribution in [1.29, 1.82) is 0 Å². The molecule has 2 rings (SSSR count). The minimum Gasteiger partial charge on any atom is -0.343 e. The summed E-state index contributed by atoms with van der Waals surface area (Å²) in [5.74, 6) is -1.19. The van der Waals surface area contributed by atoms with E-state index in [9.17, 15) is 34.8 Å². The van der Waals surface area contributed by atoms with Crippen LogP contribution in [0.1, 0.15) is 16.8 Å². The lowest BCUT2D eigenvalue weighted by Crippen LogP contribution is -2.34. The minimum atomic E-state index is -4.55. The SMILES string of the molecule is C=CS(=O)(=O)NCC1CCN(S(=O)(=O)c2ccc(C(=O)NCC(F)(F)F)cc2)C1. The van der Waals surface area contributed by atoms with Gasteiger partial charge in [-0.25, -0.2) is 21.6 Å². The summed E-state index contributed by atoms with van der Waals surface area (Å²) in [6.45, 7) is 2.05. The Balaban J connectivity index is 2.01. The number of halogens is 3. The molecule has 1 aromatic rings. The Hall–Kier alpha value is -1.96. The van der Waals surface area contributed by atoms with E-state index in [0.717, 1.165) is 29.7 Å². The fourth-order valence-electron chi connectivity index (χ4n) is 2.68. The minimum absolute atomic E-state index is 0.0681. The highest BCUT2D eigenvalue weighted by Gasteiger charge is 2.33. The molecule has 13 heteroatoms. The average molecular weight is 455 g/mol. The Morgan fingerprint density at radius 2 is 1.83 bits per heavy atom. The molecular formula is C16H20F3N3O5S2. The molecule has 1 fully saturated rings. The lowest BCUT2D eigenvalue weighted by Gasteiger charge is -2.17. The van der Waals surface area contributed by atoms with E-state index in [0.29, 0.717) is 6.42 Å². The molecule has 0 spiro atoms. The van der Waals surface area contributed by atoms with Gasteiger partial charge in [-0.05, 0) is 36.6 Å². The summed E-state index contributed by atoms with van der Waals surface area (Å²) < 4.78 is 88.1. The summed E-state index contributed by atoms with van der Waals surface area (Å²) in [4.78, 5) is 11.6. The van der Waals surface area contributed by atoms with Gasteiger partial charge in [-0.2, -0.15) is 17.5 Å². The number of rotatable bonds is 8. The van der Waals surface area contributed by atoms with E-state index in [-0.39, 0.29) is 36.0 Å². The molecule has 162 valence electrons. The smallest absolute Gasteiger partial charge is 0.343 e. The summed E-state index contributed by atoms with van der Waals surface area (Å²) in [7, 11) is -7.49. The van der Waals surface area contributed by atoms with Crippen molar-refractivity contribution in [2.24, 2.45) is 5.92 Å². The van der Waals surface area contributed by atoms with Crippen LogP contribution in [0, 0.1) is 5.92 Å². The second-order valence-corrected chi connectivity index (χ2v) is 10.1. The average Bonchev–Trinajstić information content (AvgIpc) is 3.14. The molecule has 1 atom stereocenters. The maximum absolute atomic E-state index is 12.7. The fourth-order valence-corrected chi connectivity index (χ4v) is 4.80. The number of amides is 1. The molecule has 0 bridgehead atoms. The van der Waals surface area contributed by atoms with Gasteiger partial charge in [-0.15, -0.1) is 0 Å². The van der Waals surface area contributed by atoms with Gasteiger partial charge in [-0.1, -0.05) is 6.58 Å². The molecular weight excluding hydrogens is 435 g/mol. The highest BCUT2D eigenvalue weighted by molar-refractivity contribution is 7.92. The third kappa shape index (κ3) is 6.52. The molecule has 0 saturated carbocycles. The van der Waals surface area contributed by atoms with Crippen molar-refractivity contribution < 1.29 is 34.8 Å². The van der Waals surface area contributed by atoms with Crippen molar-refractivity contribution in [2.75, 3.05) is 26.2 Å². The van der Waals surface area contributed by atoms with E-state index in [1.54, 1.807) is 5.32 Å². The van der Waals surface area contributed by atoms with Crippen molar-refractivity contribution in [3.8, 4) is 0 Å². The molecule has 1 aromatic carbocycles. The summed E-state index contributed by atoms with van der Waals surface area (Å²) >= 11 is 0. The summed E-state index contributed by atoms with van der Waals surface area (Å²) in [6.07, 6.45) is -4.10. The number of nitrogens with one attached hydrogen (secondary N) is 2. The third-order valence-electron chi connectivity index (χ3n) is 4.24. The Labute approximate surface area is 166 Å². The van der Waals surface area contributed by atoms with Crippen LogP contribution in [0.2, 0.25) is 0 Å². The van der Waals surface area contributed by atoms with E-state index in [1.807, 2.05) is 0 Å². The predicted octanol–water partition coefficient (Wildman–Crippen LogP) is 1.05. The molecule has 29 heavy (non-hydrogen) atoms. The van der Waals surface area contributed by atoms with E-state index in [4.69, 9.17) is 0 Å². The number of nitrogens with zero attached hydrogens (tertiary/aromatic N) is 1. The quantitative estimate of drug-likeness (QED) is 0.609. The van der Waals surface area contributed by atoms with Gasteiger partial charge >= 0.3 is 6.18 Å². The fraction of sp³-hybridized carbons (Fsp3) is 0.438. The zero-order valence-electron chi connectivity index (χ0n) is 15.1. The molecule has 1 heterocycles. The topological polar surface area (TPSA) is 113 Å². The molecule has 1 aliphatic heterocycles. The number of carbonyl (C=O) groups is 1. The Kier molecular flexibility index (Phi) is 7.09. The molecule has 2 N–H and O–H groups in total. The first kappa shape index (κ1) is 23.3. The van der Waals surface area contributed by atoms with E-state index in [2.05, 4.69) is 11.3 Å². The first-order chi connectivity index (χ1) is 13.3. The molecule has 0 radical (unpaired) electrons. The van der Waals surface area contributed by atoms with E-state index in [1.165, 1.54) is 4.31 Å². The third-order valence-corrected chi connectivity index (χ3v) is 7.13. The monoisotopic (exact) mass is 455 g/mol. The second kappa shape index (κ2) is 8.81. The molecule has 8 nitrogen and oxygen atoms in total. The van der Waals surface area contributed by atoms with Crippen LogP contribution in [-0.2, 0) is 20.0 Å². The van der Waals surface area contributed by atoms with Crippen LogP contribution in [0.4, 0.5) is 13.2 Å². The van der Waals surface area contributed by atoms with Crippen molar-refractivity contribution in [3.63, 3.8) is 0 Å². The number of carbonyl (C=O) groups excluding carboxylic acids is 1. The molecule has 1 aliphatic rings. The summed E-state index contributed by atoms with van der Waals surface area (Å²) in [5, 5.41) is 2.47. The van der Waals surface area contributed by atoms with Crippen LogP contribution in [-0.4, -0.2) is 59.4 Å². The lowest BCUT2D eigenvalue weighted by atomic mass is 10.1. The van der Waals surface area contributed by atoms with Gasteiger partial charge in [0.05, 0.1) is 4.90 Å².